The second kappa shape index (κ2) is 6.64. The molecule has 15 heavy (non-hydrogen) atoms. The van der Waals surface area contributed by atoms with Crippen LogP contribution in [0.3, 0.4) is 0 Å². The van der Waals surface area contributed by atoms with Crippen LogP contribution in [0, 0.1) is 5.82 Å². The maximum absolute atomic E-state index is 13.6. The highest BCUT2D eigenvalue weighted by molar-refractivity contribution is 9.10. The molecular weight excluding hydrogens is 323 g/mol. The molecule has 0 saturated heterocycles. The third-order valence-electron chi connectivity index (χ3n) is 2.36. The van der Waals surface area contributed by atoms with Gasteiger partial charge in [0.1, 0.15) is 5.82 Å². The molecule has 1 atom stereocenters. The third-order valence-corrected chi connectivity index (χ3v) is 3.89. The van der Waals surface area contributed by atoms with Crippen LogP contribution in [-0.4, -0.2) is 4.83 Å². The van der Waals surface area contributed by atoms with E-state index in [9.17, 15) is 4.39 Å². The highest BCUT2D eigenvalue weighted by Crippen LogP contribution is 2.22. The Bertz CT molecular complexity index is 312. The van der Waals surface area contributed by atoms with Gasteiger partial charge in [-0.1, -0.05) is 41.4 Å². The van der Waals surface area contributed by atoms with Gasteiger partial charge in [0.25, 0.3) is 0 Å². The van der Waals surface area contributed by atoms with E-state index in [-0.39, 0.29) is 5.82 Å². The van der Waals surface area contributed by atoms with Gasteiger partial charge in [-0.05, 0) is 46.8 Å². The van der Waals surface area contributed by atoms with Crippen molar-refractivity contribution in [1.29, 1.82) is 0 Å². The lowest BCUT2D eigenvalue weighted by atomic mass is 10.1. The molecule has 0 aliphatic carbocycles. The molecule has 0 aliphatic rings. The van der Waals surface area contributed by atoms with Crippen LogP contribution in [0.1, 0.15) is 31.7 Å². The largest absolute Gasteiger partial charge is 0.205 e. The van der Waals surface area contributed by atoms with E-state index in [1.54, 1.807) is 6.07 Å². The average molecular weight is 338 g/mol. The van der Waals surface area contributed by atoms with Gasteiger partial charge in [0.2, 0.25) is 0 Å². The molecule has 0 bridgehead atoms. The predicted octanol–water partition coefficient (Wildman–Crippen LogP) is 5.08. The molecule has 84 valence electrons. The summed E-state index contributed by atoms with van der Waals surface area (Å²) in [6.45, 7) is 2.16. The number of benzene rings is 1. The first-order valence-corrected chi connectivity index (χ1v) is 6.93. The van der Waals surface area contributed by atoms with Crippen LogP contribution in [0.15, 0.2) is 22.7 Å². The summed E-state index contributed by atoms with van der Waals surface area (Å²) < 4.78 is 14.1. The second-order valence-electron chi connectivity index (χ2n) is 3.64. The Morgan fingerprint density at radius 3 is 2.73 bits per heavy atom. The topological polar surface area (TPSA) is 0 Å². The lowest BCUT2D eigenvalue weighted by Gasteiger charge is -2.09. The van der Waals surface area contributed by atoms with Crippen molar-refractivity contribution < 1.29 is 4.39 Å². The SMILES string of the molecule is CCCC(Br)CCc1cccc(Br)c1F. The maximum Gasteiger partial charge on any atom is 0.140 e. The van der Waals surface area contributed by atoms with Crippen LogP contribution < -0.4 is 0 Å². The third kappa shape index (κ3) is 4.23. The molecule has 1 unspecified atom stereocenters. The number of hydrogen-bond donors (Lipinski definition) is 0. The Hall–Kier alpha value is 0.110. The van der Waals surface area contributed by atoms with E-state index in [2.05, 4.69) is 38.8 Å². The highest BCUT2D eigenvalue weighted by atomic mass is 79.9. The van der Waals surface area contributed by atoms with Crippen molar-refractivity contribution >= 4 is 31.9 Å². The molecule has 0 N–H and O–H groups in total. The van der Waals surface area contributed by atoms with Crippen molar-refractivity contribution in [1.82, 2.24) is 0 Å². The molecule has 0 spiro atoms. The predicted molar refractivity (Wildman–Crippen MR) is 70.0 cm³/mol. The Morgan fingerprint density at radius 1 is 1.33 bits per heavy atom. The zero-order valence-corrected chi connectivity index (χ0v) is 11.9. The molecule has 0 aromatic heterocycles. The molecule has 0 aliphatic heterocycles. The van der Waals surface area contributed by atoms with Crippen molar-refractivity contribution in [2.24, 2.45) is 0 Å². The standard InChI is InChI=1S/C12H15Br2F/c1-2-4-10(13)8-7-9-5-3-6-11(14)12(9)15/h3,5-6,10H,2,4,7-8H2,1H3. The quantitative estimate of drug-likeness (QED) is 0.657. The molecular formula is C12H15Br2F. The first kappa shape index (κ1) is 13.2. The fourth-order valence-corrected chi connectivity index (χ4v) is 2.61. The van der Waals surface area contributed by atoms with Crippen LogP contribution in [0.25, 0.3) is 0 Å². The van der Waals surface area contributed by atoms with Crippen molar-refractivity contribution in [2.45, 2.75) is 37.4 Å². The van der Waals surface area contributed by atoms with Gasteiger partial charge in [0.05, 0.1) is 4.47 Å². The van der Waals surface area contributed by atoms with Gasteiger partial charge in [0.15, 0.2) is 0 Å². The molecule has 1 aromatic rings. The monoisotopic (exact) mass is 336 g/mol. The Morgan fingerprint density at radius 2 is 2.07 bits per heavy atom. The van der Waals surface area contributed by atoms with Crippen molar-refractivity contribution in [3.8, 4) is 0 Å². The first-order valence-electron chi connectivity index (χ1n) is 5.22. The molecule has 1 aromatic carbocycles. The van der Waals surface area contributed by atoms with E-state index in [0.29, 0.717) is 9.30 Å². The molecule has 3 heteroatoms. The van der Waals surface area contributed by atoms with E-state index in [0.717, 1.165) is 31.2 Å². The average Bonchev–Trinajstić information content (AvgIpc) is 2.21. The minimum absolute atomic E-state index is 0.117. The normalized spacial score (nSPS) is 12.8. The van der Waals surface area contributed by atoms with Crippen LogP contribution in [0.4, 0.5) is 4.39 Å². The first-order chi connectivity index (χ1) is 7.15. The number of alkyl halides is 1. The summed E-state index contributed by atoms with van der Waals surface area (Å²) in [5.41, 5.74) is 0.796. The van der Waals surface area contributed by atoms with Gasteiger partial charge in [-0.25, -0.2) is 4.39 Å². The molecule has 0 radical (unpaired) electrons. The number of hydrogen-bond acceptors (Lipinski definition) is 0. The minimum atomic E-state index is -0.117. The second-order valence-corrected chi connectivity index (χ2v) is 5.79. The molecule has 0 amide bonds. The maximum atomic E-state index is 13.6. The van der Waals surface area contributed by atoms with E-state index >= 15 is 0 Å². The summed E-state index contributed by atoms with van der Waals surface area (Å²) in [6, 6.07) is 5.47. The smallest absolute Gasteiger partial charge is 0.140 e. The summed E-state index contributed by atoms with van der Waals surface area (Å²) in [7, 11) is 0. The Kier molecular flexibility index (Phi) is 5.83. The van der Waals surface area contributed by atoms with Gasteiger partial charge in [-0.2, -0.15) is 0 Å². The Labute approximate surface area is 108 Å². The van der Waals surface area contributed by atoms with E-state index < -0.39 is 0 Å². The number of halogens is 3. The molecule has 1 rings (SSSR count). The van der Waals surface area contributed by atoms with Gasteiger partial charge >= 0.3 is 0 Å². The zero-order valence-electron chi connectivity index (χ0n) is 8.77. The number of rotatable bonds is 5. The Balaban J connectivity index is 2.54. The van der Waals surface area contributed by atoms with E-state index in [1.807, 2.05) is 12.1 Å². The fourth-order valence-electron chi connectivity index (χ4n) is 1.51. The van der Waals surface area contributed by atoms with Crippen LogP contribution >= 0.6 is 31.9 Å². The van der Waals surface area contributed by atoms with E-state index in [1.165, 1.54) is 0 Å². The van der Waals surface area contributed by atoms with E-state index in [4.69, 9.17) is 0 Å². The van der Waals surface area contributed by atoms with Crippen molar-refractivity contribution in [2.75, 3.05) is 0 Å². The van der Waals surface area contributed by atoms with Gasteiger partial charge in [0, 0.05) is 4.83 Å². The zero-order chi connectivity index (χ0) is 11.3. The molecule has 0 nitrogen and oxygen atoms in total. The molecule has 0 heterocycles. The van der Waals surface area contributed by atoms with Gasteiger partial charge in [-0.15, -0.1) is 0 Å². The molecule has 0 fully saturated rings. The minimum Gasteiger partial charge on any atom is -0.205 e. The van der Waals surface area contributed by atoms with Crippen LogP contribution in [-0.2, 0) is 6.42 Å². The lowest BCUT2D eigenvalue weighted by Crippen LogP contribution is -2.01. The summed E-state index contributed by atoms with van der Waals surface area (Å²) in [5, 5.41) is 0. The summed E-state index contributed by atoms with van der Waals surface area (Å²) in [6.07, 6.45) is 4.09. The number of aryl methyl sites for hydroxylation is 1. The van der Waals surface area contributed by atoms with Crippen molar-refractivity contribution in [3.05, 3.63) is 34.1 Å². The highest BCUT2D eigenvalue weighted by Gasteiger charge is 2.08. The van der Waals surface area contributed by atoms with Crippen molar-refractivity contribution in [3.63, 3.8) is 0 Å². The van der Waals surface area contributed by atoms with Gasteiger partial charge < -0.3 is 0 Å². The van der Waals surface area contributed by atoms with Gasteiger partial charge in [-0.3, -0.25) is 0 Å². The summed E-state index contributed by atoms with van der Waals surface area (Å²) in [4.78, 5) is 0.501. The summed E-state index contributed by atoms with van der Waals surface area (Å²) >= 11 is 6.80. The van der Waals surface area contributed by atoms with Crippen LogP contribution in [0.2, 0.25) is 0 Å². The lowest BCUT2D eigenvalue weighted by molar-refractivity contribution is 0.592. The fraction of sp³-hybridized carbons (Fsp3) is 0.500. The summed E-state index contributed by atoms with van der Waals surface area (Å²) in [5.74, 6) is -0.117. The molecule has 0 saturated carbocycles. The van der Waals surface area contributed by atoms with Crippen LogP contribution in [0.5, 0.6) is 0 Å².